The summed E-state index contributed by atoms with van der Waals surface area (Å²) in [5.41, 5.74) is 5.53. The Balaban J connectivity index is 2.95. The number of ether oxygens (including phenoxy) is 1. The van der Waals surface area contributed by atoms with Crippen LogP contribution in [0.5, 0.6) is 0 Å². The predicted molar refractivity (Wildman–Crippen MR) is 46.3 cm³/mol. The standard InChI is InChI=1S/C9H14FNO/c1-6-5-9(2,12-3)8(10)4-7(6)11/h4,7H,1,5,11H2,2-3H3. The van der Waals surface area contributed by atoms with Gasteiger partial charge in [0, 0.05) is 19.6 Å². The Morgan fingerprint density at radius 3 is 2.92 bits per heavy atom. The molecule has 0 radical (unpaired) electrons. The second kappa shape index (κ2) is 2.99. The monoisotopic (exact) mass is 171 g/mol. The Labute approximate surface area is 71.9 Å². The van der Waals surface area contributed by atoms with E-state index in [0.29, 0.717) is 6.42 Å². The second-order valence-electron chi connectivity index (χ2n) is 3.31. The summed E-state index contributed by atoms with van der Waals surface area (Å²) in [6.45, 7) is 5.45. The molecule has 0 saturated heterocycles. The van der Waals surface area contributed by atoms with E-state index in [1.807, 2.05) is 0 Å². The van der Waals surface area contributed by atoms with Crippen LogP contribution in [0.4, 0.5) is 4.39 Å². The molecule has 0 spiro atoms. The first-order valence-corrected chi connectivity index (χ1v) is 3.86. The molecule has 2 atom stereocenters. The van der Waals surface area contributed by atoms with Crippen molar-refractivity contribution >= 4 is 0 Å². The zero-order valence-corrected chi connectivity index (χ0v) is 7.43. The summed E-state index contributed by atoms with van der Waals surface area (Å²) in [4.78, 5) is 0. The van der Waals surface area contributed by atoms with Crippen LogP contribution in [0.15, 0.2) is 24.1 Å². The predicted octanol–water partition coefficient (Wildman–Crippen LogP) is 1.53. The van der Waals surface area contributed by atoms with E-state index >= 15 is 0 Å². The Morgan fingerprint density at radius 1 is 1.83 bits per heavy atom. The third-order valence-corrected chi connectivity index (χ3v) is 2.32. The molecule has 68 valence electrons. The SMILES string of the molecule is C=C1CC(C)(OC)C(F)=CC1N. The lowest BCUT2D eigenvalue weighted by Gasteiger charge is -2.33. The normalized spacial score (nSPS) is 36.5. The number of hydrogen-bond donors (Lipinski definition) is 1. The zero-order valence-electron chi connectivity index (χ0n) is 7.43. The van der Waals surface area contributed by atoms with Crippen LogP contribution in [0.2, 0.25) is 0 Å². The molecule has 0 aromatic carbocycles. The van der Waals surface area contributed by atoms with Gasteiger partial charge in [-0.3, -0.25) is 0 Å². The summed E-state index contributed by atoms with van der Waals surface area (Å²) in [5, 5.41) is 0. The quantitative estimate of drug-likeness (QED) is 0.607. The van der Waals surface area contributed by atoms with Crippen molar-refractivity contribution in [2.45, 2.75) is 25.0 Å². The van der Waals surface area contributed by atoms with E-state index in [1.165, 1.54) is 13.2 Å². The van der Waals surface area contributed by atoms with Gasteiger partial charge in [-0.15, -0.1) is 0 Å². The number of hydrogen-bond acceptors (Lipinski definition) is 2. The minimum Gasteiger partial charge on any atom is -0.371 e. The molecule has 1 aliphatic carbocycles. The number of halogens is 1. The fourth-order valence-corrected chi connectivity index (χ4v) is 1.26. The van der Waals surface area contributed by atoms with Crippen molar-refractivity contribution < 1.29 is 9.13 Å². The molecule has 1 aliphatic rings. The van der Waals surface area contributed by atoms with Crippen LogP contribution in [0.25, 0.3) is 0 Å². The molecular formula is C9H14FNO. The minimum atomic E-state index is -0.854. The van der Waals surface area contributed by atoms with Crippen LogP contribution < -0.4 is 5.73 Å². The average Bonchev–Trinajstić information content (AvgIpc) is 2.01. The molecule has 2 nitrogen and oxygen atoms in total. The van der Waals surface area contributed by atoms with Crippen LogP contribution in [-0.4, -0.2) is 18.8 Å². The van der Waals surface area contributed by atoms with E-state index in [2.05, 4.69) is 6.58 Å². The van der Waals surface area contributed by atoms with E-state index in [0.717, 1.165) is 5.57 Å². The number of nitrogens with two attached hydrogens (primary N) is 1. The largest absolute Gasteiger partial charge is 0.371 e. The molecule has 0 bridgehead atoms. The first-order valence-electron chi connectivity index (χ1n) is 3.86. The summed E-state index contributed by atoms with van der Waals surface area (Å²) >= 11 is 0. The average molecular weight is 171 g/mol. The minimum absolute atomic E-state index is 0.301. The molecule has 0 aliphatic heterocycles. The van der Waals surface area contributed by atoms with Gasteiger partial charge in [-0.05, 0) is 13.0 Å². The maximum Gasteiger partial charge on any atom is 0.130 e. The third-order valence-electron chi connectivity index (χ3n) is 2.32. The Morgan fingerprint density at radius 2 is 2.42 bits per heavy atom. The van der Waals surface area contributed by atoms with Crippen molar-refractivity contribution in [2.75, 3.05) is 7.11 Å². The molecule has 2 unspecified atom stereocenters. The van der Waals surface area contributed by atoms with Gasteiger partial charge < -0.3 is 10.5 Å². The zero-order chi connectivity index (χ0) is 9.35. The van der Waals surface area contributed by atoms with Gasteiger partial charge in [0.2, 0.25) is 0 Å². The summed E-state index contributed by atoms with van der Waals surface area (Å²) in [7, 11) is 1.48. The van der Waals surface area contributed by atoms with Gasteiger partial charge in [-0.2, -0.15) is 0 Å². The lowest BCUT2D eigenvalue weighted by atomic mass is 9.86. The molecule has 0 saturated carbocycles. The molecule has 0 fully saturated rings. The molecule has 12 heavy (non-hydrogen) atoms. The summed E-state index contributed by atoms with van der Waals surface area (Å²) in [6.07, 6.45) is 1.81. The van der Waals surface area contributed by atoms with Gasteiger partial charge >= 0.3 is 0 Å². The van der Waals surface area contributed by atoms with Crippen LogP contribution in [-0.2, 0) is 4.74 Å². The van der Waals surface area contributed by atoms with Crippen molar-refractivity contribution in [2.24, 2.45) is 5.73 Å². The Kier molecular flexibility index (Phi) is 2.35. The highest BCUT2D eigenvalue weighted by Gasteiger charge is 2.35. The van der Waals surface area contributed by atoms with Gasteiger partial charge in [0.15, 0.2) is 0 Å². The van der Waals surface area contributed by atoms with E-state index in [9.17, 15) is 4.39 Å². The topological polar surface area (TPSA) is 35.2 Å². The second-order valence-corrected chi connectivity index (χ2v) is 3.31. The van der Waals surface area contributed by atoms with Crippen LogP contribution in [0.1, 0.15) is 13.3 Å². The van der Waals surface area contributed by atoms with E-state index in [1.54, 1.807) is 6.92 Å². The third kappa shape index (κ3) is 1.42. The summed E-state index contributed by atoms with van der Waals surface area (Å²) < 4.78 is 18.3. The molecule has 3 heteroatoms. The van der Waals surface area contributed by atoms with E-state index in [-0.39, 0.29) is 11.9 Å². The van der Waals surface area contributed by atoms with Crippen LogP contribution in [0, 0.1) is 0 Å². The van der Waals surface area contributed by atoms with Crippen molar-refractivity contribution in [3.8, 4) is 0 Å². The molecule has 0 heterocycles. The molecule has 2 N–H and O–H groups in total. The van der Waals surface area contributed by atoms with Crippen molar-refractivity contribution in [1.82, 2.24) is 0 Å². The highest BCUT2D eigenvalue weighted by molar-refractivity contribution is 5.29. The molecule has 0 aromatic heterocycles. The highest BCUT2D eigenvalue weighted by atomic mass is 19.1. The van der Waals surface area contributed by atoms with E-state index < -0.39 is 5.60 Å². The first kappa shape index (κ1) is 9.42. The Bertz CT molecular complexity index is 237. The fraction of sp³-hybridized carbons (Fsp3) is 0.556. The van der Waals surface area contributed by atoms with Gasteiger partial charge in [-0.25, -0.2) is 4.39 Å². The number of methoxy groups -OCH3 is 1. The summed E-state index contributed by atoms with van der Waals surface area (Å²) in [6, 6.07) is -0.367. The van der Waals surface area contributed by atoms with Crippen LogP contribution in [0.3, 0.4) is 0 Å². The van der Waals surface area contributed by atoms with Gasteiger partial charge in [0.05, 0.1) is 0 Å². The number of rotatable bonds is 1. The maximum absolute atomic E-state index is 13.3. The van der Waals surface area contributed by atoms with Crippen molar-refractivity contribution in [3.05, 3.63) is 24.1 Å². The van der Waals surface area contributed by atoms with Crippen LogP contribution >= 0.6 is 0 Å². The molecule has 1 rings (SSSR count). The van der Waals surface area contributed by atoms with Crippen molar-refractivity contribution in [3.63, 3.8) is 0 Å². The lowest BCUT2D eigenvalue weighted by Crippen LogP contribution is -2.37. The first-order chi connectivity index (χ1) is 5.49. The molecule has 0 aromatic rings. The lowest BCUT2D eigenvalue weighted by molar-refractivity contribution is 0.0158. The van der Waals surface area contributed by atoms with Gasteiger partial charge in [0.1, 0.15) is 11.4 Å². The van der Waals surface area contributed by atoms with Gasteiger partial charge in [0.25, 0.3) is 0 Å². The van der Waals surface area contributed by atoms with E-state index in [4.69, 9.17) is 10.5 Å². The summed E-state index contributed by atoms with van der Waals surface area (Å²) in [5.74, 6) is -0.301. The molecule has 0 amide bonds. The smallest absolute Gasteiger partial charge is 0.130 e. The van der Waals surface area contributed by atoms with Gasteiger partial charge in [-0.1, -0.05) is 12.2 Å². The van der Waals surface area contributed by atoms with Crippen molar-refractivity contribution in [1.29, 1.82) is 0 Å². The maximum atomic E-state index is 13.3. The molecular weight excluding hydrogens is 157 g/mol. The Hall–Kier alpha value is -0.670. The fourth-order valence-electron chi connectivity index (χ4n) is 1.26. The highest BCUT2D eigenvalue weighted by Crippen LogP contribution is 2.34.